The molecule has 0 spiro atoms. The van der Waals surface area contributed by atoms with E-state index in [9.17, 15) is 19.5 Å². The minimum atomic E-state index is -1.97. The first kappa shape index (κ1) is 19.7. The summed E-state index contributed by atoms with van der Waals surface area (Å²) >= 11 is 0. The Kier molecular flexibility index (Phi) is 5.58. The number of carboxylic acids is 1. The second-order valence-electron chi connectivity index (χ2n) is 6.86. The Balaban J connectivity index is 2.05. The molecule has 0 aromatic heterocycles. The fourth-order valence-electron chi connectivity index (χ4n) is 3.47. The molecule has 0 fully saturated rings. The SMILES string of the molecule is CC(N)C(=O)C1(C(=O)OCc2ccccc2)NC(C(=O)O)Cc2ccccc21. The van der Waals surface area contributed by atoms with Crippen LogP contribution < -0.4 is 11.1 Å². The Morgan fingerprint density at radius 2 is 1.82 bits per heavy atom. The molecule has 3 unspecified atom stereocenters. The highest BCUT2D eigenvalue weighted by atomic mass is 16.5. The molecule has 7 heteroatoms. The molecule has 1 aliphatic rings. The number of ether oxygens (including phenoxy) is 1. The van der Waals surface area contributed by atoms with Gasteiger partial charge in [0.15, 0.2) is 5.78 Å². The van der Waals surface area contributed by atoms with Gasteiger partial charge in [-0.25, -0.2) is 4.79 Å². The fourth-order valence-corrected chi connectivity index (χ4v) is 3.47. The molecular weight excluding hydrogens is 360 g/mol. The number of nitrogens with two attached hydrogens (primary N) is 1. The summed E-state index contributed by atoms with van der Waals surface area (Å²) in [4.78, 5) is 38.0. The van der Waals surface area contributed by atoms with E-state index in [0.29, 0.717) is 11.1 Å². The van der Waals surface area contributed by atoms with Crippen LogP contribution in [0.25, 0.3) is 0 Å². The van der Waals surface area contributed by atoms with E-state index in [0.717, 1.165) is 5.56 Å². The van der Waals surface area contributed by atoms with Crippen molar-refractivity contribution in [3.8, 4) is 0 Å². The number of hydrogen-bond donors (Lipinski definition) is 3. The van der Waals surface area contributed by atoms with E-state index in [-0.39, 0.29) is 13.0 Å². The van der Waals surface area contributed by atoms with Crippen molar-refractivity contribution in [1.29, 1.82) is 0 Å². The van der Waals surface area contributed by atoms with E-state index < -0.39 is 35.3 Å². The van der Waals surface area contributed by atoms with Gasteiger partial charge in [0.25, 0.3) is 0 Å². The molecule has 28 heavy (non-hydrogen) atoms. The first-order valence-corrected chi connectivity index (χ1v) is 8.96. The summed E-state index contributed by atoms with van der Waals surface area (Å²) in [6, 6.07) is 13.7. The number of ketones is 1. The topological polar surface area (TPSA) is 119 Å². The van der Waals surface area contributed by atoms with Crippen LogP contribution in [0.15, 0.2) is 54.6 Å². The normalized spacial score (nSPS) is 22.0. The molecule has 7 nitrogen and oxygen atoms in total. The van der Waals surface area contributed by atoms with Crippen LogP contribution in [0.5, 0.6) is 0 Å². The zero-order valence-corrected chi connectivity index (χ0v) is 15.4. The highest BCUT2D eigenvalue weighted by Gasteiger charge is 2.55. The number of aliphatic carboxylic acids is 1. The number of nitrogens with one attached hydrogen (secondary N) is 1. The van der Waals surface area contributed by atoms with Crippen LogP contribution in [0.3, 0.4) is 0 Å². The Labute approximate surface area is 162 Å². The first-order chi connectivity index (χ1) is 13.4. The largest absolute Gasteiger partial charge is 0.480 e. The van der Waals surface area contributed by atoms with Crippen LogP contribution in [0.1, 0.15) is 23.6 Å². The number of hydrogen-bond acceptors (Lipinski definition) is 6. The third-order valence-corrected chi connectivity index (χ3v) is 4.84. The summed E-state index contributed by atoms with van der Waals surface area (Å²) in [7, 11) is 0. The Morgan fingerprint density at radius 1 is 1.18 bits per heavy atom. The van der Waals surface area contributed by atoms with Crippen LogP contribution in [-0.2, 0) is 37.7 Å². The average molecular weight is 382 g/mol. The third-order valence-electron chi connectivity index (χ3n) is 4.84. The zero-order valence-electron chi connectivity index (χ0n) is 15.4. The lowest BCUT2D eigenvalue weighted by Crippen LogP contribution is -2.66. The molecule has 3 rings (SSSR count). The van der Waals surface area contributed by atoms with Crippen LogP contribution in [0, 0.1) is 0 Å². The maximum Gasteiger partial charge on any atom is 0.339 e. The van der Waals surface area contributed by atoms with Gasteiger partial charge in [-0.05, 0) is 30.0 Å². The number of carboxylic acid groups (broad SMARTS) is 1. The molecule has 1 aliphatic heterocycles. The van der Waals surface area contributed by atoms with Gasteiger partial charge in [0.1, 0.15) is 12.6 Å². The van der Waals surface area contributed by atoms with Gasteiger partial charge >= 0.3 is 11.9 Å². The molecule has 0 bridgehead atoms. The van der Waals surface area contributed by atoms with Crippen molar-refractivity contribution < 1.29 is 24.2 Å². The van der Waals surface area contributed by atoms with Gasteiger partial charge in [0, 0.05) is 0 Å². The average Bonchev–Trinajstić information content (AvgIpc) is 2.71. The molecule has 2 aromatic carbocycles. The summed E-state index contributed by atoms with van der Waals surface area (Å²) in [5.74, 6) is -2.66. The number of carbonyl (C=O) groups is 3. The summed E-state index contributed by atoms with van der Waals surface area (Å²) in [6.07, 6.45) is 0.144. The summed E-state index contributed by atoms with van der Waals surface area (Å²) in [5.41, 5.74) is 5.59. The minimum absolute atomic E-state index is 0.0464. The van der Waals surface area contributed by atoms with Crippen LogP contribution >= 0.6 is 0 Å². The Hall–Kier alpha value is -3.03. The number of benzene rings is 2. The minimum Gasteiger partial charge on any atom is -0.480 e. The summed E-state index contributed by atoms with van der Waals surface area (Å²) < 4.78 is 5.46. The third kappa shape index (κ3) is 3.54. The van der Waals surface area contributed by atoms with Gasteiger partial charge in [-0.2, -0.15) is 0 Å². The van der Waals surface area contributed by atoms with Crippen molar-refractivity contribution in [2.75, 3.05) is 0 Å². The number of rotatable bonds is 6. The van der Waals surface area contributed by atoms with Gasteiger partial charge in [-0.3, -0.25) is 14.9 Å². The molecule has 0 aliphatic carbocycles. The molecule has 1 heterocycles. The lowest BCUT2D eigenvalue weighted by molar-refractivity contribution is -0.160. The quantitative estimate of drug-likeness (QED) is 0.506. The second kappa shape index (κ2) is 7.92. The molecular formula is C21H22N2O5. The van der Waals surface area contributed by atoms with Crippen LogP contribution in [0.4, 0.5) is 0 Å². The monoisotopic (exact) mass is 382 g/mol. The highest BCUT2D eigenvalue weighted by molar-refractivity contribution is 6.12. The lowest BCUT2D eigenvalue weighted by atomic mass is 9.75. The number of Topliss-reactive ketones (excluding diaryl/α,β-unsaturated/α-hetero) is 1. The predicted octanol–water partition coefficient (Wildman–Crippen LogP) is 1.14. The highest BCUT2D eigenvalue weighted by Crippen LogP contribution is 2.34. The van der Waals surface area contributed by atoms with Crippen LogP contribution in [-0.4, -0.2) is 34.9 Å². The van der Waals surface area contributed by atoms with E-state index in [1.165, 1.54) is 6.92 Å². The number of esters is 1. The zero-order chi connectivity index (χ0) is 20.3. The summed E-state index contributed by atoms with van der Waals surface area (Å²) in [5, 5.41) is 12.3. The van der Waals surface area contributed by atoms with Gasteiger partial charge in [-0.1, -0.05) is 54.6 Å². The molecule has 0 radical (unpaired) electrons. The lowest BCUT2D eigenvalue weighted by Gasteiger charge is -2.40. The van der Waals surface area contributed by atoms with Crippen molar-refractivity contribution in [2.45, 2.75) is 37.6 Å². The van der Waals surface area contributed by atoms with E-state index in [4.69, 9.17) is 10.5 Å². The van der Waals surface area contributed by atoms with E-state index >= 15 is 0 Å². The first-order valence-electron chi connectivity index (χ1n) is 8.96. The molecule has 0 amide bonds. The fraction of sp³-hybridized carbons (Fsp3) is 0.286. The second-order valence-corrected chi connectivity index (χ2v) is 6.86. The molecule has 3 atom stereocenters. The van der Waals surface area contributed by atoms with Crippen LogP contribution in [0.2, 0.25) is 0 Å². The summed E-state index contributed by atoms with van der Waals surface area (Å²) in [6.45, 7) is 1.42. The smallest absolute Gasteiger partial charge is 0.339 e. The standard InChI is InChI=1S/C21H22N2O5/c1-13(22)18(24)21(20(27)28-12-14-7-3-2-4-8-14)16-10-6-5-9-15(16)11-17(23-21)19(25)26/h2-10,13,17,23H,11-12,22H2,1H3,(H,25,26). The van der Waals surface area contributed by atoms with Gasteiger partial charge in [-0.15, -0.1) is 0 Å². The van der Waals surface area contributed by atoms with E-state index in [1.54, 1.807) is 48.5 Å². The predicted molar refractivity (Wildman–Crippen MR) is 101 cm³/mol. The maximum atomic E-state index is 13.2. The van der Waals surface area contributed by atoms with E-state index in [2.05, 4.69) is 5.32 Å². The molecule has 146 valence electrons. The number of carbonyl (C=O) groups excluding carboxylic acids is 2. The van der Waals surface area contributed by atoms with Gasteiger partial charge in [0.2, 0.25) is 5.54 Å². The van der Waals surface area contributed by atoms with Crippen molar-refractivity contribution >= 4 is 17.7 Å². The van der Waals surface area contributed by atoms with Crippen molar-refractivity contribution in [3.05, 3.63) is 71.3 Å². The molecule has 2 aromatic rings. The maximum absolute atomic E-state index is 13.2. The van der Waals surface area contributed by atoms with Gasteiger partial charge in [0.05, 0.1) is 6.04 Å². The van der Waals surface area contributed by atoms with E-state index in [1.807, 2.05) is 6.07 Å². The van der Waals surface area contributed by atoms with Gasteiger partial charge < -0.3 is 15.6 Å². The Bertz CT molecular complexity index is 897. The Morgan fingerprint density at radius 3 is 2.46 bits per heavy atom. The van der Waals surface area contributed by atoms with Crippen molar-refractivity contribution in [1.82, 2.24) is 5.32 Å². The van der Waals surface area contributed by atoms with Crippen molar-refractivity contribution in [2.24, 2.45) is 5.73 Å². The van der Waals surface area contributed by atoms with Crippen molar-refractivity contribution in [3.63, 3.8) is 0 Å². The number of fused-ring (bicyclic) bond motifs is 1. The molecule has 0 saturated carbocycles. The molecule has 0 saturated heterocycles. The molecule has 4 N–H and O–H groups in total.